The highest BCUT2D eigenvalue weighted by Gasteiger charge is 2.19. The van der Waals surface area contributed by atoms with Gasteiger partial charge < -0.3 is 29.2 Å². The lowest BCUT2D eigenvalue weighted by molar-refractivity contribution is -0.154. The van der Waals surface area contributed by atoms with Gasteiger partial charge in [-0.15, -0.1) is 0 Å². The van der Waals surface area contributed by atoms with Crippen molar-refractivity contribution in [2.45, 2.75) is 90.4 Å². The lowest BCUT2D eigenvalue weighted by atomic mass is 9.96. The van der Waals surface area contributed by atoms with Crippen LogP contribution in [0.1, 0.15) is 76.0 Å². The van der Waals surface area contributed by atoms with Gasteiger partial charge in [-0.25, -0.2) is 4.79 Å². The van der Waals surface area contributed by atoms with Crippen molar-refractivity contribution in [3.8, 4) is 22.9 Å². The van der Waals surface area contributed by atoms with Crippen LogP contribution in [0.4, 0.5) is 4.79 Å². The summed E-state index contributed by atoms with van der Waals surface area (Å²) in [5, 5.41) is 3.00. The highest BCUT2D eigenvalue weighted by molar-refractivity contribution is 9.10. The first-order valence-electron chi connectivity index (χ1n) is 15.0. The van der Waals surface area contributed by atoms with Gasteiger partial charge in [0.25, 0.3) is 0 Å². The molecule has 0 aliphatic heterocycles. The first kappa shape index (κ1) is 32.5. The predicted octanol–water partition coefficient (Wildman–Crippen LogP) is 7.91. The Hall–Kier alpha value is -3.46. The van der Waals surface area contributed by atoms with Crippen molar-refractivity contribution in [2.75, 3.05) is 13.7 Å². The molecular weight excluding hydrogens is 612 g/mol. The van der Waals surface area contributed by atoms with Crippen LogP contribution in [0.3, 0.4) is 0 Å². The van der Waals surface area contributed by atoms with Crippen molar-refractivity contribution in [1.29, 1.82) is 0 Å². The normalized spacial score (nSPS) is 13.8. The summed E-state index contributed by atoms with van der Waals surface area (Å²) in [6, 6.07) is 16.0. The van der Waals surface area contributed by atoms with Gasteiger partial charge in [-0.2, -0.15) is 0 Å². The Kier molecular flexibility index (Phi) is 11.6. The molecule has 1 amide bonds. The largest absolute Gasteiger partial charge is 0.493 e. The molecule has 4 rings (SSSR count). The van der Waals surface area contributed by atoms with E-state index >= 15 is 0 Å². The summed E-state index contributed by atoms with van der Waals surface area (Å²) in [7, 11) is 1.65. The van der Waals surface area contributed by atoms with Gasteiger partial charge in [0, 0.05) is 34.6 Å². The highest BCUT2D eigenvalue weighted by Crippen LogP contribution is 2.29. The van der Waals surface area contributed by atoms with Crippen molar-refractivity contribution >= 4 is 28.0 Å². The molecule has 0 radical (unpaired) electrons. The second-order valence-electron chi connectivity index (χ2n) is 11.9. The molecule has 0 atom stereocenters. The number of alkyl carbamates (subject to hydrolysis) is 1. The molecular formula is C34H43BrN2O6. The van der Waals surface area contributed by atoms with Crippen LogP contribution in [0, 0.1) is 0 Å². The van der Waals surface area contributed by atoms with Crippen molar-refractivity contribution in [3.63, 3.8) is 0 Å². The molecule has 232 valence electrons. The number of methoxy groups -OCH3 is 1. The minimum absolute atomic E-state index is 0.0849. The van der Waals surface area contributed by atoms with E-state index in [1.165, 1.54) is 6.42 Å². The number of carbonyl (C=O) groups excluding carboxylic acids is 2. The number of halogens is 1. The molecule has 43 heavy (non-hydrogen) atoms. The molecule has 0 bridgehead atoms. The van der Waals surface area contributed by atoms with Gasteiger partial charge in [-0.05, 0) is 87.1 Å². The third-order valence-corrected chi connectivity index (χ3v) is 7.87. The third-order valence-electron chi connectivity index (χ3n) is 7.34. The van der Waals surface area contributed by atoms with E-state index in [9.17, 15) is 9.59 Å². The molecule has 1 heterocycles. The molecule has 1 aromatic heterocycles. The van der Waals surface area contributed by atoms with Gasteiger partial charge in [0.05, 0.1) is 13.7 Å². The predicted molar refractivity (Wildman–Crippen MR) is 170 cm³/mol. The summed E-state index contributed by atoms with van der Waals surface area (Å²) >= 11 is 3.48. The average Bonchev–Trinajstić information content (AvgIpc) is 3.38. The fourth-order valence-electron chi connectivity index (χ4n) is 5.21. The zero-order valence-corrected chi connectivity index (χ0v) is 27.2. The maximum absolute atomic E-state index is 12.6. The Balaban J connectivity index is 1.40. The van der Waals surface area contributed by atoms with Crippen LogP contribution in [-0.2, 0) is 33.7 Å². The van der Waals surface area contributed by atoms with Crippen LogP contribution in [0.2, 0.25) is 0 Å². The van der Waals surface area contributed by atoms with Crippen LogP contribution < -0.4 is 14.8 Å². The first-order chi connectivity index (χ1) is 20.6. The zero-order chi connectivity index (χ0) is 30.8. The molecule has 2 aromatic carbocycles. The number of hydrogen-bond donors (Lipinski definition) is 2. The van der Waals surface area contributed by atoms with Crippen LogP contribution in [0.15, 0.2) is 53.0 Å². The van der Waals surface area contributed by atoms with Crippen LogP contribution in [0.25, 0.3) is 11.3 Å². The lowest BCUT2D eigenvalue weighted by Crippen LogP contribution is -2.36. The fourth-order valence-corrected chi connectivity index (χ4v) is 5.47. The minimum atomic E-state index is -0.543. The SMILES string of the molecule is COc1[nH]c(-c2ccc(Br)cc2)cc1CCOc1ccc(CCC(=O)OC(C)(C)C)c(COC(=O)NC2CCCCC2)c1. The number of rotatable bonds is 12. The number of hydrogen-bond acceptors (Lipinski definition) is 6. The van der Waals surface area contributed by atoms with Gasteiger partial charge in [0.1, 0.15) is 18.0 Å². The van der Waals surface area contributed by atoms with Crippen LogP contribution in [0.5, 0.6) is 11.6 Å². The van der Waals surface area contributed by atoms with E-state index in [0.717, 1.165) is 58.1 Å². The molecule has 1 aliphatic rings. The molecule has 1 saturated carbocycles. The third kappa shape index (κ3) is 10.3. The number of nitrogens with one attached hydrogen (secondary N) is 2. The number of esters is 1. The number of amides is 1. The van der Waals surface area contributed by atoms with Crippen molar-refractivity contribution in [1.82, 2.24) is 10.3 Å². The lowest BCUT2D eigenvalue weighted by Gasteiger charge is -2.22. The van der Waals surface area contributed by atoms with Crippen molar-refractivity contribution < 1.29 is 28.5 Å². The second kappa shape index (κ2) is 15.3. The van der Waals surface area contributed by atoms with Crippen molar-refractivity contribution in [2.24, 2.45) is 0 Å². The molecule has 0 saturated heterocycles. The number of aryl methyl sites for hydroxylation is 1. The van der Waals surface area contributed by atoms with Gasteiger partial charge in [-0.1, -0.05) is 53.4 Å². The number of aromatic nitrogens is 1. The molecule has 9 heteroatoms. The Morgan fingerprint density at radius 3 is 2.40 bits per heavy atom. The van der Waals surface area contributed by atoms with Crippen LogP contribution in [-0.4, -0.2) is 42.4 Å². The number of carbonyl (C=O) groups is 2. The zero-order valence-electron chi connectivity index (χ0n) is 25.6. The first-order valence-corrected chi connectivity index (χ1v) is 15.8. The molecule has 0 spiro atoms. The Labute approximate surface area is 263 Å². The number of H-pyrrole nitrogens is 1. The maximum atomic E-state index is 12.6. The van der Waals surface area contributed by atoms with Gasteiger partial charge >= 0.3 is 12.1 Å². The molecule has 8 nitrogen and oxygen atoms in total. The molecule has 2 N–H and O–H groups in total. The minimum Gasteiger partial charge on any atom is -0.493 e. The summed E-state index contributed by atoms with van der Waals surface area (Å²) < 4.78 is 23.8. The summed E-state index contributed by atoms with van der Waals surface area (Å²) in [5.41, 5.74) is 4.22. The number of ether oxygens (including phenoxy) is 4. The molecule has 3 aromatic rings. The van der Waals surface area contributed by atoms with Gasteiger partial charge in [0.2, 0.25) is 0 Å². The monoisotopic (exact) mass is 654 g/mol. The number of benzene rings is 2. The van der Waals surface area contributed by atoms with Gasteiger partial charge in [0.15, 0.2) is 5.88 Å². The summed E-state index contributed by atoms with van der Waals surface area (Å²) in [5.74, 6) is 1.10. The van der Waals surface area contributed by atoms with E-state index in [1.807, 2.05) is 63.2 Å². The molecule has 1 fully saturated rings. The summed E-state index contributed by atoms with van der Waals surface area (Å²) in [6.45, 7) is 6.07. The fraction of sp³-hybridized carbons (Fsp3) is 0.471. The van der Waals surface area contributed by atoms with E-state index in [4.69, 9.17) is 18.9 Å². The summed E-state index contributed by atoms with van der Waals surface area (Å²) in [4.78, 5) is 28.3. The standard InChI is InChI=1S/C34H43BrN2O6/c1-34(2,3)43-31(38)17-13-23-12-16-29(20-26(23)22-42-33(39)36-28-8-6-5-7-9-28)41-19-18-25-21-30(37-32(25)40-4)24-10-14-27(35)15-11-24/h10-12,14-16,20-21,28,37H,5-9,13,17-19,22H2,1-4H3,(H,36,39). The Bertz CT molecular complexity index is 1360. The second-order valence-corrected chi connectivity index (χ2v) is 12.8. The van der Waals surface area contributed by atoms with E-state index in [2.05, 4.69) is 32.3 Å². The van der Waals surface area contributed by atoms with Gasteiger partial charge in [-0.3, -0.25) is 4.79 Å². The molecule has 1 aliphatic carbocycles. The number of aromatic amines is 1. The maximum Gasteiger partial charge on any atom is 0.407 e. The summed E-state index contributed by atoms with van der Waals surface area (Å²) in [6.07, 6.45) is 6.34. The smallest absolute Gasteiger partial charge is 0.407 e. The quantitative estimate of drug-likeness (QED) is 0.193. The van der Waals surface area contributed by atoms with E-state index in [-0.39, 0.29) is 25.0 Å². The topological polar surface area (TPSA) is 98.9 Å². The van der Waals surface area contributed by atoms with Crippen LogP contribution >= 0.6 is 15.9 Å². The highest BCUT2D eigenvalue weighted by atomic mass is 79.9. The van der Waals surface area contributed by atoms with E-state index in [0.29, 0.717) is 31.1 Å². The van der Waals surface area contributed by atoms with Crippen molar-refractivity contribution in [3.05, 3.63) is 69.7 Å². The average molecular weight is 656 g/mol. The Morgan fingerprint density at radius 1 is 0.953 bits per heavy atom. The van der Waals surface area contributed by atoms with E-state index in [1.54, 1.807) is 7.11 Å². The van der Waals surface area contributed by atoms with E-state index < -0.39 is 11.7 Å². The molecule has 0 unspecified atom stereocenters. The Morgan fingerprint density at radius 2 is 1.70 bits per heavy atom.